The Morgan fingerprint density at radius 3 is 2.63 bits per heavy atom. The lowest BCUT2D eigenvalue weighted by Gasteiger charge is -2.27. The molecular formula is C18H27N. The van der Waals surface area contributed by atoms with Crippen LogP contribution in [0.5, 0.6) is 0 Å². The number of fused-ring (bicyclic) bond motifs is 1. The molecule has 1 aromatic rings. The summed E-state index contributed by atoms with van der Waals surface area (Å²) in [5.74, 6) is 1.72. The first-order chi connectivity index (χ1) is 9.25. The number of nitrogens with one attached hydrogen (secondary N) is 1. The van der Waals surface area contributed by atoms with Crippen molar-refractivity contribution < 1.29 is 0 Å². The summed E-state index contributed by atoms with van der Waals surface area (Å²) in [6.45, 7) is 4.84. The minimum Gasteiger partial charge on any atom is -0.307 e. The van der Waals surface area contributed by atoms with Gasteiger partial charge in [-0.25, -0.2) is 0 Å². The monoisotopic (exact) mass is 257 g/mol. The maximum Gasteiger partial charge on any atom is 0.0325 e. The summed E-state index contributed by atoms with van der Waals surface area (Å²) in [6.07, 6.45) is 8.06. The minimum atomic E-state index is 0.594. The standard InChI is InChI=1S/C18H27N/c1-13-11-12-17(14(13)2)19-18-10-6-4-8-15-7-3-5-9-16(15)18/h3,5,7,9,13-14,17-19H,4,6,8,10-12H2,1-2H3. The van der Waals surface area contributed by atoms with Crippen LogP contribution in [-0.2, 0) is 6.42 Å². The molecule has 1 N–H and O–H groups in total. The number of benzene rings is 1. The molecule has 0 saturated heterocycles. The summed E-state index contributed by atoms with van der Waals surface area (Å²) >= 11 is 0. The van der Waals surface area contributed by atoms with Crippen molar-refractivity contribution in [3.63, 3.8) is 0 Å². The fourth-order valence-corrected chi connectivity index (χ4v) is 3.95. The number of hydrogen-bond donors (Lipinski definition) is 1. The van der Waals surface area contributed by atoms with Crippen LogP contribution in [0.25, 0.3) is 0 Å². The summed E-state index contributed by atoms with van der Waals surface area (Å²) < 4.78 is 0. The van der Waals surface area contributed by atoms with Gasteiger partial charge in [0.2, 0.25) is 0 Å². The van der Waals surface area contributed by atoms with Gasteiger partial charge in [0.25, 0.3) is 0 Å². The van der Waals surface area contributed by atoms with Gasteiger partial charge in [-0.1, -0.05) is 44.5 Å². The van der Waals surface area contributed by atoms with E-state index in [9.17, 15) is 0 Å². The Morgan fingerprint density at radius 1 is 1.00 bits per heavy atom. The summed E-state index contributed by atoms with van der Waals surface area (Å²) in [7, 11) is 0. The van der Waals surface area contributed by atoms with Crippen LogP contribution in [-0.4, -0.2) is 6.04 Å². The number of aryl methyl sites for hydroxylation is 1. The van der Waals surface area contributed by atoms with Gasteiger partial charge in [-0.05, 0) is 55.1 Å². The second-order valence-electron chi connectivity index (χ2n) is 6.68. The lowest BCUT2D eigenvalue weighted by atomic mass is 9.94. The van der Waals surface area contributed by atoms with E-state index in [0.29, 0.717) is 6.04 Å². The van der Waals surface area contributed by atoms with Gasteiger partial charge >= 0.3 is 0 Å². The highest BCUT2D eigenvalue weighted by molar-refractivity contribution is 5.31. The van der Waals surface area contributed by atoms with Crippen LogP contribution in [0.2, 0.25) is 0 Å². The molecule has 2 aliphatic rings. The van der Waals surface area contributed by atoms with Gasteiger partial charge in [0.1, 0.15) is 0 Å². The third kappa shape index (κ3) is 2.72. The first-order valence-corrected chi connectivity index (χ1v) is 8.09. The zero-order valence-corrected chi connectivity index (χ0v) is 12.4. The van der Waals surface area contributed by atoms with Gasteiger partial charge in [0.05, 0.1) is 0 Å². The molecule has 1 aromatic carbocycles. The molecule has 1 saturated carbocycles. The Kier molecular flexibility index (Phi) is 3.93. The minimum absolute atomic E-state index is 0.594. The van der Waals surface area contributed by atoms with Gasteiger partial charge in [0.15, 0.2) is 0 Å². The van der Waals surface area contributed by atoms with Gasteiger partial charge in [-0.15, -0.1) is 0 Å². The highest BCUT2D eigenvalue weighted by Crippen LogP contribution is 2.35. The van der Waals surface area contributed by atoms with E-state index in [1.54, 1.807) is 11.1 Å². The topological polar surface area (TPSA) is 12.0 Å². The third-order valence-corrected chi connectivity index (χ3v) is 5.50. The van der Waals surface area contributed by atoms with E-state index in [0.717, 1.165) is 17.9 Å². The normalized spacial score (nSPS) is 34.8. The molecular weight excluding hydrogens is 230 g/mol. The highest BCUT2D eigenvalue weighted by Gasteiger charge is 2.32. The van der Waals surface area contributed by atoms with Crippen LogP contribution < -0.4 is 5.32 Å². The van der Waals surface area contributed by atoms with Crippen molar-refractivity contribution in [1.29, 1.82) is 0 Å². The molecule has 1 nitrogen and oxygen atoms in total. The molecule has 104 valence electrons. The van der Waals surface area contributed by atoms with Crippen LogP contribution in [0.1, 0.15) is 63.1 Å². The van der Waals surface area contributed by atoms with Gasteiger partial charge in [0, 0.05) is 12.1 Å². The van der Waals surface area contributed by atoms with Gasteiger partial charge in [-0.3, -0.25) is 0 Å². The molecule has 0 bridgehead atoms. The largest absolute Gasteiger partial charge is 0.307 e. The molecule has 4 atom stereocenters. The summed E-state index contributed by atoms with van der Waals surface area (Å²) in [5, 5.41) is 3.99. The SMILES string of the molecule is CC1CCC(NC2CCCCc3ccccc32)C1C. The van der Waals surface area contributed by atoms with Crippen LogP contribution >= 0.6 is 0 Å². The molecule has 0 heterocycles. The fourth-order valence-electron chi connectivity index (χ4n) is 3.95. The molecule has 0 spiro atoms. The Labute approximate surface area is 117 Å². The maximum atomic E-state index is 3.99. The van der Waals surface area contributed by atoms with E-state index in [-0.39, 0.29) is 0 Å². The Balaban J connectivity index is 1.77. The molecule has 0 aliphatic heterocycles. The zero-order valence-electron chi connectivity index (χ0n) is 12.4. The van der Waals surface area contributed by atoms with Crippen molar-refractivity contribution in [2.24, 2.45) is 11.8 Å². The van der Waals surface area contributed by atoms with Gasteiger partial charge < -0.3 is 5.32 Å². The predicted octanol–water partition coefficient (Wildman–Crippen LogP) is 4.48. The molecule has 19 heavy (non-hydrogen) atoms. The molecule has 0 radical (unpaired) electrons. The van der Waals surface area contributed by atoms with Crippen molar-refractivity contribution >= 4 is 0 Å². The molecule has 2 aliphatic carbocycles. The summed E-state index contributed by atoms with van der Waals surface area (Å²) in [4.78, 5) is 0. The van der Waals surface area contributed by atoms with E-state index in [2.05, 4.69) is 43.4 Å². The fraction of sp³-hybridized carbons (Fsp3) is 0.667. The second-order valence-corrected chi connectivity index (χ2v) is 6.68. The molecule has 0 amide bonds. The van der Waals surface area contributed by atoms with E-state index >= 15 is 0 Å². The molecule has 4 unspecified atom stereocenters. The summed E-state index contributed by atoms with van der Waals surface area (Å²) in [5.41, 5.74) is 3.16. The second kappa shape index (κ2) is 5.66. The highest BCUT2D eigenvalue weighted by atomic mass is 15.0. The van der Waals surface area contributed by atoms with Gasteiger partial charge in [-0.2, -0.15) is 0 Å². The van der Waals surface area contributed by atoms with Crippen LogP contribution in [0.3, 0.4) is 0 Å². The zero-order chi connectivity index (χ0) is 13.2. The van der Waals surface area contributed by atoms with Crippen molar-refractivity contribution in [2.75, 3.05) is 0 Å². The van der Waals surface area contributed by atoms with E-state index in [4.69, 9.17) is 0 Å². The Bertz CT molecular complexity index is 425. The summed E-state index contributed by atoms with van der Waals surface area (Å²) in [6, 6.07) is 10.4. The van der Waals surface area contributed by atoms with Crippen LogP contribution in [0.4, 0.5) is 0 Å². The van der Waals surface area contributed by atoms with E-state index in [1.165, 1.54) is 38.5 Å². The lowest BCUT2D eigenvalue weighted by molar-refractivity contribution is 0.330. The average Bonchev–Trinajstić information content (AvgIpc) is 2.65. The van der Waals surface area contributed by atoms with Crippen molar-refractivity contribution in [2.45, 2.75) is 64.5 Å². The number of rotatable bonds is 2. The molecule has 1 fully saturated rings. The van der Waals surface area contributed by atoms with Crippen molar-refractivity contribution in [3.8, 4) is 0 Å². The lowest BCUT2D eigenvalue weighted by Crippen LogP contribution is -2.35. The smallest absolute Gasteiger partial charge is 0.0325 e. The predicted molar refractivity (Wildman–Crippen MR) is 81.2 cm³/mol. The number of hydrogen-bond acceptors (Lipinski definition) is 1. The molecule has 1 heteroatoms. The maximum absolute atomic E-state index is 3.99. The van der Waals surface area contributed by atoms with Crippen LogP contribution in [0.15, 0.2) is 24.3 Å². The first kappa shape index (κ1) is 13.2. The molecule has 3 rings (SSSR count). The quantitative estimate of drug-likeness (QED) is 0.770. The Morgan fingerprint density at radius 2 is 1.84 bits per heavy atom. The van der Waals surface area contributed by atoms with Crippen molar-refractivity contribution in [1.82, 2.24) is 5.32 Å². The first-order valence-electron chi connectivity index (χ1n) is 8.09. The Hall–Kier alpha value is -0.820. The van der Waals surface area contributed by atoms with Crippen LogP contribution in [0, 0.1) is 11.8 Å². The van der Waals surface area contributed by atoms with E-state index < -0.39 is 0 Å². The third-order valence-electron chi connectivity index (χ3n) is 5.50. The molecule has 0 aromatic heterocycles. The average molecular weight is 257 g/mol. The van der Waals surface area contributed by atoms with Crippen molar-refractivity contribution in [3.05, 3.63) is 35.4 Å². The van der Waals surface area contributed by atoms with E-state index in [1.807, 2.05) is 0 Å².